The number of benzene rings is 1. The molecule has 1 aromatic carbocycles. The Balaban J connectivity index is 0.00000529. The van der Waals surface area contributed by atoms with E-state index in [9.17, 15) is 0 Å². The Morgan fingerprint density at radius 3 is 2.58 bits per heavy atom. The Morgan fingerprint density at radius 1 is 1.17 bits per heavy atom. The summed E-state index contributed by atoms with van der Waals surface area (Å²) in [7, 11) is 3.53. The smallest absolute Gasteiger partial charge is 0.191 e. The lowest BCUT2D eigenvalue weighted by molar-refractivity contribution is 0.192. The first kappa shape index (κ1) is 23.0. The van der Waals surface area contributed by atoms with Gasteiger partial charge < -0.3 is 20.1 Å². The molecule has 0 spiro atoms. The van der Waals surface area contributed by atoms with Crippen LogP contribution in [-0.2, 0) is 4.74 Å². The Kier molecular flexibility index (Phi) is 13.7. The van der Waals surface area contributed by atoms with E-state index in [1.165, 1.54) is 0 Å². The van der Waals surface area contributed by atoms with Gasteiger partial charge in [0.05, 0.1) is 6.54 Å². The zero-order chi connectivity index (χ0) is 16.9. The maximum absolute atomic E-state index is 5.95. The third kappa shape index (κ3) is 9.97. The fraction of sp³-hybridized carbons (Fsp3) is 0.611. The van der Waals surface area contributed by atoms with Crippen LogP contribution in [0.5, 0.6) is 5.75 Å². The predicted octanol–water partition coefficient (Wildman–Crippen LogP) is 3.36. The van der Waals surface area contributed by atoms with Gasteiger partial charge in [-0.05, 0) is 44.7 Å². The van der Waals surface area contributed by atoms with Gasteiger partial charge in [0.1, 0.15) is 11.9 Å². The first-order chi connectivity index (χ1) is 11.2. The van der Waals surface area contributed by atoms with Crippen LogP contribution in [0.4, 0.5) is 0 Å². The molecule has 0 fully saturated rings. The third-order valence-corrected chi connectivity index (χ3v) is 3.52. The molecule has 0 aliphatic rings. The summed E-state index contributed by atoms with van der Waals surface area (Å²) >= 11 is 0. The number of hydrogen-bond acceptors (Lipinski definition) is 3. The Labute approximate surface area is 163 Å². The van der Waals surface area contributed by atoms with Crippen molar-refractivity contribution in [3.05, 3.63) is 29.8 Å². The van der Waals surface area contributed by atoms with Gasteiger partial charge in [-0.15, -0.1) is 24.0 Å². The number of nitrogens with one attached hydrogen (secondary N) is 2. The normalized spacial score (nSPS) is 12.2. The van der Waals surface area contributed by atoms with Crippen molar-refractivity contribution in [3.63, 3.8) is 0 Å². The van der Waals surface area contributed by atoms with Crippen molar-refractivity contribution in [1.29, 1.82) is 0 Å². The lowest BCUT2D eigenvalue weighted by Gasteiger charge is -2.18. The van der Waals surface area contributed by atoms with Gasteiger partial charge in [-0.2, -0.15) is 0 Å². The predicted molar refractivity (Wildman–Crippen MR) is 112 cm³/mol. The quantitative estimate of drug-likeness (QED) is 0.249. The van der Waals surface area contributed by atoms with Crippen LogP contribution in [0.15, 0.2) is 29.3 Å². The van der Waals surface area contributed by atoms with E-state index in [1.54, 1.807) is 14.2 Å². The van der Waals surface area contributed by atoms with E-state index in [-0.39, 0.29) is 30.1 Å². The fourth-order valence-corrected chi connectivity index (χ4v) is 2.16. The van der Waals surface area contributed by atoms with E-state index in [2.05, 4.69) is 35.5 Å². The number of ether oxygens (including phenoxy) is 2. The van der Waals surface area contributed by atoms with Crippen LogP contribution in [0.25, 0.3) is 0 Å². The first-order valence-electron chi connectivity index (χ1n) is 8.33. The van der Waals surface area contributed by atoms with E-state index in [1.807, 2.05) is 18.2 Å². The molecule has 138 valence electrons. The number of nitrogens with zero attached hydrogens (tertiary/aromatic N) is 1. The highest BCUT2D eigenvalue weighted by Gasteiger charge is 2.07. The number of halogens is 1. The monoisotopic (exact) mass is 449 g/mol. The van der Waals surface area contributed by atoms with Crippen molar-refractivity contribution in [3.8, 4) is 5.75 Å². The van der Waals surface area contributed by atoms with Crippen LogP contribution in [0.2, 0.25) is 0 Å². The van der Waals surface area contributed by atoms with Gasteiger partial charge in [-0.1, -0.05) is 18.2 Å². The molecule has 0 aliphatic carbocycles. The van der Waals surface area contributed by atoms with Crippen molar-refractivity contribution in [2.24, 2.45) is 4.99 Å². The molecule has 1 rings (SSSR count). The van der Waals surface area contributed by atoms with Gasteiger partial charge in [0, 0.05) is 27.3 Å². The van der Waals surface area contributed by atoms with E-state index >= 15 is 0 Å². The highest BCUT2D eigenvalue weighted by molar-refractivity contribution is 14.0. The molecule has 0 saturated heterocycles. The molecular formula is C18H32IN3O2. The van der Waals surface area contributed by atoms with Crippen molar-refractivity contribution in [2.45, 2.75) is 39.2 Å². The lowest BCUT2D eigenvalue weighted by atomic mass is 10.2. The van der Waals surface area contributed by atoms with Gasteiger partial charge in [-0.25, -0.2) is 0 Å². The third-order valence-electron chi connectivity index (χ3n) is 3.52. The minimum absolute atomic E-state index is 0. The average molecular weight is 449 g/mol. The standard InChI is InChI=1S/C18H31N3O2.HI/c1-15-10-6-7-11-17(15)23-16(2)14-21-18(19-3)20-12-8-5-9-13-22-4;/h6-7,10-11,16H,5,8-9,12-14H2,1-4H3,(H2,19,20,21);1H. The molecule has 0 heterocycles. The maximum atomic E-state index is 5.95. The molecular weight excluding hydrogens is 417 g/mol. The number of rotatable bonds is 10. The van der Waals surface area contributed by atoms with Gasteiger partial charge in [0.15, 0.2) is 5.96 Å². The minimum Gasteiger partial charge on any atom is -0.489 e. The average Bonchev–Trinajstić information content (AvgIpc) is 2.55. The summed E-state index contributed by atoms with van der Waals surface area (Å²) < 4.78 is 11.0. The van der Waals surface area contributed by atoms with Crippen LogP contribution < -0.4 is 15.4 Å². The SMILES string of the molecule is CN=C(NCCCCCOC)NCC(C)Oc1ccccc1C.I. The summed E-state index contributed by atoms with van der Waals surface area (Å²) in [4.78, 5) is 4.23. The second-order valence-electron chi connectivity index (χ2n) is 5.63. The van der Waals surface area contributed by atoms with Crippen LogP contribution in [0.1, 0.15) is 31.7 Å². The summed E-state index contributed by atoms with van der Waals surface area (Å²) in [5, 5.41) is 6.62. The molecule has 5 nitrogen and oxygen atoms in total. The van der Waals surface area contributed by atoms with Crippen molar-refractivity contribution >= 4 is 29.9 Å². The van der Waals surface area contributed by atoms with E-state index in [4.69, 9.17) is 9.47 Å². The van der Waals surface area contributed by atoms with Crippen LogP contribution in [0, 0.1) is 6.92 Å². The minimum atomic E-state index is 0. The number of unbranched alkanes of at least 4 members (excludes halogenated alkanes) is 2. The number of para-hydroxylation sites is 1. The largest absolute Gasteiger partial charge is 0.489 e. The zero-order valence-electron chi connectivity index (χ0n) is 15.3. The Hall–Kier alpha value is -1.02. The Morgan fingerprint density at radius 2 is 1.92 bits per heavy atom. The molecule has 2 N–H and O–H groups in total. The van der Waals surface area contributed by atoms with Crippen molar-refractivity contribution < 1.29 is 9.47 Å². The van der Waals surface area contributed by atoms with Crippen LogP contribution in [-0.4, -0.2) is 45.9 Å². The van der Waals surface area contributed by atoms with E-state index in [0.717, 1.165) is 49.7 Å². The second-order valence-corrected chi connectivity index (χ2v) is 5.63. The number of guanidine groups is 1. The van der Waals surface area contributed by atoms with Gasteiger partial charge in [-0.3, -0.25) is 4.99 Å². The number of aryl methyl sites for hydroxylation is 1. The Bertz CT molecular complexity index is 469. The summed E-state index contributed by atoms with van der Waals surface area (Å²) in [6.07, 6.45) is 3.44. The molecule has 0 radical (unpaired) electrons. The number of aliphatic imine (C=N–C) groups is 1. The molecule has 1 aromatic rings. The number of hydrogen-bond donors (Lipinski definition) is 2. The summed E-state index contributed by atoms with van der Waals surface area (Å²) in [5.41, 5.74) is 1.15. The summed E-state index contributed by atoms with van der Waals surface area (Å²) in [6.45, 7) is 6.56. The topological polar surface area (TPSA) is 54.9 Å². The molecule has 0 bridgehead atoms. The van der Waals surface area contributed by atoms with Gasteiger partial charge in [0.25, 0.3) is 0 Å². The molecule has 6 heteroatoms. The maximum Gasteiger partial charge on any atom is 0.191 e. The van der Waals surface area contributed by atoms with Gasteiger partial charge >= 0.3 is 0 Å². The molecule has 1 atom stereocenters. The second kappa shape index (κ2) is 14.3. The van der Waals surface area contributed by atoms with Crippen LogP contribution in [0.3, 0.4) is 0 Å². The van der Waals surface area contributed by atoms with Gasteiger partial charge in [0.2, 0.25) is 0 Å². The van der Waals surface area contributed by atoms with E-state index < -0.39 is 0 Å². The number of methoxy groups -OCH3 is 1. The molecule has 0 amide bonds. The van der Waals surface area contributed by atoms with Crippen molar-refractivity contribution in [2.75, 3.05) is 33.9 Å². The molecule has 0 aromatic heterocycles. The van der Waals surface area contributed by atoms with Crippen LogP contribution >= 0.6 is 24.0 Å². The summed E-state index contributed by atoms with van der Waals surface area (Å²) in [5.74, 6) is 1.75. The molecule has 0 saturated carbocycles. The molecule has 24 heavy (non-hydrogen) atoms. The molecule has 0 aliphatic heterocycles. The summed E-state index contributed by atoms with van der Waals surface area (Å²) in [6, 6.07) is 8.06. The zero-order valence-corrected chi connectivity index (χ0v) is 17.6. The highest BCUT2D eigenvalue weighted by atomic mass is 127. The molecule has 1 unspecified atom stereocenters. The lowest BCUT2D eigenvalue weighted by Crippen LogP contribution is -2.42. The highest BCUT2D eigenvalue weighted by Crippen LogP contribution is 2.17. The first-order valence-corrected chi connectivity index (χ1v) is 8.33. The van der Waals surface area contributed by atoms with E-state index in [0.29, 0.717) is 6.54 Å². The van der Waals surface area contributed by atoms with Crippen molar-refractivity contribution in [1.82, 2.24) is 10.6 Å². The fourth-order valence-electron chi connectivity index (χ4n) is 2.16.